The molecule has 3 aromatic rings. The van der Waals surface area contributed by atoms with Gasteiger partial charge >= 0.3 is 5.97 Å². The average Bonchev–Trinajstić information content (AvgIpc) is 3.60. The van der Waals surface area contributed by atoms with Crippen molar-refractivity contribution in [2.45, 2.75) is 25.7 Å². The van der Waals surface area contributed by atoms with E-state index in [1.54, 1.807) is 12.3 Å². The Morgan fingerprint density at radius 3 is 2.60 bits per heavy atom. The summed E-state index contributed by atoms with van der Waals surface area (Å²) in [6, 6.07) is 7.59. The fourth-order valence-corrected chi connectivity index (χ4v) is 4.39. The Hall–Kier alpha value is -3.19. The fraction of sp³-hybridized carbons (Fsp3) is 0.348. The average molecular weight is 404 g/mol. The second-order valence-electron chi connectivity index (χ2n) is 8.11. The van der Waals surface area contributed by atoms with Crippen molar-refractivity contribution in [2.75, 3.05) is 31.1 Å². The molecule has 0 bridgehead atoms. The lowest BCUT2D eigenvalue weighted by Gasteiger charge is -2.28. The molecule has 0 amide bonds. The Balaban J connectivity index is 1.61. The summed E-state index contributed by atoms with van der Waals surface area (Å²) >= 11 is 0. The minimum Gasteiger partial charge on any atom is -0.477 e. The molecule has 1 aliphatic carbocycles. The Morgan fingerprint density at radius 2 is 1.97 bits per heavy atom. The van der Waals surface area contributed by atoms with E-state index in [4.69, 9.17) is 0 Å². The van der Waals surface area contributed by atoms with Crippen molar-refractivity contribution in [3.63, 3.8) is 0 Å². The molecule has 5 rings (SSSR count). The number of pyridine rings is 3. The summed E-state index contributed by atoms with van der Waals surface area (Å²) in [7, 11) is 0. The molecule has 7 nitrogen and oxygen atoms in total. The molecule has 154 valence electrons. The summed E-state index contributed by atoms with van der Waals surface area (Å²) in [6.45, 7) is 5.82. The van der Waals surface area contributed by atoms with Crippen molar-refractivity contribution in [1.82, 2.24) is 14.7 Å². The van der Waals surface area contributed by atoms with E-state index in [9.17, 15) is 14.7 Å². The minimum absolute atomic E-state index is 0.163. The third-order valence-corrected chi connectivity index (χ3v) is 6.16. The molecule has 2 fully saturated rings. The van der Waals surface area contributed by atoms with Crippen molar-refractivity contribution in [3.8, 4) is 11.1 Å². The van der Waals surface area contributed by atoms with E-state index in [1.807, 2.05) is 25.3 Å². The van der Waals surface area contributed by atoms with Gasteiger partial charge in [-0.05, 0) is 66.6 Å². The number of aromatic nitrogens is 2. The maximum Gasteiger partial charge on any atom is 0.341 e. The maximum atomic E-state index is 12.7. The van der Waals surface area contributed by atoms with Gasteiger partial charge in [-0.15, -0.1) is 0 Å². The number of aromatic carboxylic acids is 1. The van der Waals surface area contributed by atoms with Crippen LogP contribution in [0.4, 0.5) is 5.82 Å². The summed E-state index contributed by atoms with van der Waals surface area (Å²) in [4.78, 5) is 31.3. The Morgan fingerprint density at radius 1 is 1.20 bits per heavy atom. The van der Waals surface area contributed by atoms with Gasteiger partial charge in [-0.1, -0.05) is 0 Å². The Labute approximate surface area is 174 Å². The predicted molar refractivity (Wildman–Crippen MR) is 116 cm³/mol. The SMILES string of the molecule is Cc1c(-c2ccc(N3CCNCC3)nc2)ccn2c(=O)c(C(=O)O)cc(C3CC3)c12. The highest BCUT2D eigenvalue weighted by atomic mass is 16.4. The van der Waals surface area contributed by atoms with Crippen LogP contribution in [0.3, 0.4) is 0 Å². The van der Waals surface area contributed by atoms with Gasteiger partial charge in [0.1, 0.15) is 11.4 Å². The Kier molecular flexibility index (Phi) is 4.55. The summed E-state index contributed by atoms with van der Waals surface area (Å²) in [5.41, 5.74) is 4.12. The molecule has 0 aromatic carbocycles. The number of hydrogen-bond acceptors (Lipinski definition) is 5. The first-order chi connectivity index (χ1) is 14.5. The second kappa shape index (κ2) is 7.25. The van der Waals surface area contributed by atoms with Crippen molar-refractivity contribution in [1.29, 1.82) is 0 Å². The third kappa shape index (κ3) is 3.15. The lowest BCUT2D eigenvalue weighted by atomic mass is 9.97. The number of carbonyl (C=O) groups is 1. The summed E-state index contributed by atoms with van der Waals surface area (Å²) in [5.74, 6) is 0.117. The molecule has 2 N–H and O–H groups in total. The first-order valence-corrected chi connectivity index (χ1v) is 10.4. The number of fused-ring (bicyclic) bond motifs is 1. The van der Waals surface area contributed by atoms with Crippen LogP contribution in [0, 0.1) is 6.92 Å². The zero-order valence-electron chi connectivity index (χ0n) is 16.9. The standard InChI is InChI=1S/C23H24N4O3/c1-14-17(16-4-5-20(25-13-16)26-10-7-24-8-11-26)6-9-27-21(14)18(15-2-3-15)12-19(22(27)28)23(29)30/h4-6,9,12-13,15,24H,2-3,7-8,10-11H2,1H3,(H,29,30). The molecule has 3 aromatic heterocycles. The van der Waals surface area contributed by atoms with Crippen LogP contribution in [0.5, 0.6) is 0 Å². The predicted octanol–water partition coefficient (Wildman–Crippen LogP) is 2.66. The van der Waals surface area contributed by atoms with Gasteiger partial charge < -0.3 is 15.3 Å². The highest BCUT2D eigenvalue weighted by Crippen LogP contribution is 2.43. The van der Waals surface area contributed by atoms with E-state index >= 15 is 0 Å². The van der Waals surface area contributed by atoms with Gasteiger partial charge in [-0.3, -0.25) is 9.20 Å². The molecule has 7 heteroatoms. The number of rotatable bonds is 4. The quantitative estimate of drug-likeness (QED) is 0.695. The number of carboxylic acids is 1. The molecule has 1 saturated carbocycles. The second-order valence-corrected chi connectivity index (χ2v) is 8.11. The summed E-state index contributed by atoms with van der Waals surface area (Å²) < 4.78 is 1.50. The first-order valence-electron chi connectivity index (χ1n) is 10.4. The van der Waals surface area contributed by atoms with Crippen LogP contribution in [-0.2, 0) is 0 Å². The van der Waals surface area contributed by atoms with Gasteiger partial charge in [0.2, 0.25) is 0 Å². The molecule has 2 aliphatic rings. The molecular weight excluding hydrogens is 380 g/mol. The zero-order chi connectivity index (χ0) is 20.8. The van der Waals surface area contributed by atoms with Crippen LogP contribution in [0.15, 0.2) is 41.5 Å². The largest absolute Gasteiger partial charge is 0.477 e. The molecule has 4 heterocycles. The van der Waals surface area contributed by atoms with E-state index in [1.165, 1.54) is 4.40 Å². The molecule has 30 heavy (non-hydrogen) atoms. The van der Waals surface area contributed by atoms with Crippen molar-refractivity contribution in [2.24, 2.45) is 0 Å². The molecule has 0 spiro atoms. The van der Waals surface area contributed by atoms with Crippen LogP contribution in [0.25, 0.3) is 16.6 Å². The normalized spacial score (nSPS) is 16.8. The number of anilines is 1. The minimum atomic E-state index is -1.18. The lowest BCUT2D eigenvalue weighted by molar-refractivity contribution is 0.0694. The van der Waals surface area contributed by atoms with Crippen LogP contribution >= 0.6 is 0 Å². The van der Waals surface area contributed by atoms with E-state index in [0.717, 1.165) is 72.6 Å². The van der Waals surface area contributed by atoms with Gasteiger partial charge in [-0.25, -0.2) is 9.78 Å². The lowest BCUT2D eigenvalue weighted by Crippen LogP contribution is -2.43. The highest BCUT2D eigenvalue weighted by Gasteiger charge is 2.29. The molecule has 0 radical (unpaired) electrons. The topological polar surface area (TPSA) is 86.9 Å². The molecule has 1 aliphatic heterocycles. The zero-order valence-corrected chi connectivity index (χ0v) is 16.9. The van der Waals surface area contributed by atoms with Crippen LogP contribution < -0.4 is 15.8 Å². The number of aryl methyl sites for hydroxylation is 1. The number of nitrogens with zero attached hydrogens (tertiary/aromatic N) is 3. The number of hydrogen-bond donors (Lipinski definition) is 2. The molecule has 0 unspecified atom stereocenters. The third-order valence-electron chi connectivity index (χ3n) is 6.16. The van der Waals surface area contributed by atoms with E-state index in [0.29, 0.717) is 5.92 Å². The summed E-state index contributed by atoms with van der Waals surface area (Å²) in [5, 5.41) is 12.8. The van der Waals surface area contributed by atoms with E-state index < -0.39 is 11.5 Å². The summed E-state index contributed by atoms with van der Waals surface area (Å²) in [6.07, 6.45) is 5.63. The van der Waals surface area contributed by atoms with Gasteiger partial charge in [0.25, 0.3) is 5.56 Å². The van der Waals surface area contributed by atoms with Crippen LogP contribution in [0.2, 0.25) is 0 Å². The van der Waals surface area contributed by atoms with Crippen LogP contribution in [0.1, 0.15) is 40.2 Å². The number of piperazine rings is 1. The maximum absolute atomic E-state index is 12.7. The van der Waals surface area contributed by atoms with Gasteiger partial charge in [0, 0.05) is 44.1 Å². The van der Waals surface area contributed by atoms with E-state index in [2.05, 4.69) is 21.3 Å². The first kappa shape index (κ1) is 18.8. The van der Waals surface area contributed by atoms with Crippen molar-refractivity contribution < 1.29 is 9.90 Å². The van der Waals surface area contributed by atoms with Crippen LogP contribution in [-0.4, -0.2) is 46.6 Å². The smallest absolute Gasteiger partial charge is 0.341 e. The molecule has 1 saturated heterocycles. The molecular formula is C23H24N4O3. The fourth-order valence-electron chi connectivity index (χ4n) is 4.39. The highest BCUT2D eigenvalue weighted by molar-refractivity contribution is 5.89. The Bertz CT molecular complexity index is 1190. The monoisotopic (exact) mass is 404 g/mol. The molecule has 0 atom stereocenters. The van der Waals surface area contributed by atoms with Crippen molar-refractivity contribution >= 4 is 17.3 Å². The number of carboxylic acid groups (broad SMARTS) is 1. The van der Waals surface area contributed by atoms with E-state index in [-0.39, 0.29) is 5.56 Å². The van der Waals surface area contributed by atoms with Gasteiger partial charge in [0.15, 0.2) is 0 Å². The van der Waals surface area contributed by atoms with Gasteiger partial charge in [-0.2, -0.15) is 0 Å². The van der Waals surface area contributed by atoms with Crippen molar-refractivity contribution in [3.05, 3.63) is 63.7 Å². The number of nitrogens with one attached hydrogen (secondary N) is 1. The van der Waals surface area contributed by atoms with Gasteiger partial charge in [0.05, 0.1) is 5.52 Å².